The zero-order valence-electron chi connectivity index (χ0n) is 10.2. The lowest BCUT2D eigenvalue weighted by Crippen LogP contribution is -2.29. The molecule has 0 amide bonds. The number of nitrogens with two attached hydrogens (primary N) is 1. The Labute approximate surface area is 110 Å². The second-order valence-electron chi connectivity index (χ2n) is 5.86. The highest BCUT2D eigenvalue weighted by Gasteiger charge is 2.32. The Morgan fingerprint density at radius 1 is 1.41 bits per heavy atom. The third kappa shape index (κ3) is 1.81. The van der Waals surface area contributed by atoms with Gasteiger partial charge in [-0.3, -0.25) is 0 Å². The summed E-state index contributed by atoms with van der Waals surface area (Å²) in [5, 5.41) is 1.28. The minimum absolute atomic E-state index is 0.150. The standard InChI is InChI=1S/C14H17BrN2/c1-14(2)6-10(16)13-9-5-8(15)3-4-11(9)17-12(13)7-14/h3-5,10,17H,6-7,16H2,1-2H3. The molecule has 90 valence electrons. The first-order valence-corrected chi connectivity index (χ1v) is 6.81. The summed E-state index contributed by atoms with van der Waals surface area (Å²) in [7, 11) is 0. The smallest absolute Gasteiger partial charge is 0.0460 e. The van der Waals surface area contributed by atoms with Crippen LogP contribution in [-0.4, -0.2) is 4.98 Å². The molecule has 17 heavy (non-hydrogen) atoms. The van der Waals surface area contributed by atoms with Crippen molar-refractivity contribution < 1.29 is 0 Å². The number of aromatic nitrogens is 1. The average molecular weight is 293 g/mol. The molecule has 1 unspecified atom stereocenters. The van der Waals surface area contributed by atoms with Gasteiger partial charge in [-0.15, -0.1) is 0 Å². The lowest BCUT2D eigenvalue weighted by Gasteiger charge is -2.33. The van der Waals surface area contributed by atoms with Gasteiger partial charge in [-0.1, -0.05) is 29.8 Å². The summed E-state index contributed by atoms with van der Waals surface area (Å²) in [6.45, 7) is 4.58. The highest BCUT2D eigenvalue weighted by Crippen LogP contribution is 2.42. The summed E-state index contributed by atoms with van der Waals surface area (Å²) in [5.41, 5.74) is 10.5. The maximum absolute atomic E-state index is 6.35. The molecule has 0 saturated heterocycles. The Bertz CT molecular complexity index is 583. The molecule has 2 nitrogen and oxygen atoms in total. The zero-order valence-corrected chi connectivity index (χ0v) is 11.8. The molecule has 1 aromatic heterocycles. The molecule has 0 spiro atoms. The number of fused-ring (bicyclic) bond motifs is 3. The second-order valence-corrected chi connectivity index (χ2v) is 6.77. The summed E-state index contributed by atoms with van der Waals surface area (Å²) in [5.74, 6) is 0. The van der Waals surface area contributed by atoms with E-state index in [-0.39, 0.29) is 6.04 Å². The summed E-state index contributed by atoms with van der Waals surface area (Å²) >= 11 is 3.53. The number of rotatable bonds is 0. The summed E-state index contributed by atoms with van der Waals surface area (Å²) < 4.78 is 1.11. The summed E-state index contributed by atoms with van der Waals surface area (Å²) in [6.07, 6.45) is 2.14. The van der Waals surface area contributed by atoms with Crippen LogP contribution in [0.4, 0.5) is 0 Å². The Balaban J connectivity index is 2.25. The third-order valence-electron chi connectivity index (χ3n) is 3.68. The predicted molar refractivity (Wildman–Crippen MR) is 75.0 cm³/mol. The highest BCUT2D eigenvalue weighted by molar-refractivity contribution is 9.10. The van der Waals surface area contributed by atoms with Crippen molar-refractivity contribution in [1.82, 2.24) is 4.98 Å². The van der Waals surface area contributed by atoms with E-state index in [1.54, 1.807) is 0 Å². The van der Waals surface area contributed by atoms with Crippen molar-refractivity contribution in [3.63, 3.8) is 0 Å². The van der Waals surface area contributed by atoms with Crippen molar-refractivity contribution in [2.45, 2.75) is 32.7 Å². The molecule has 2 aromatic rings. The molecule has 3 rings (SSSR count). The van der Waals surface area contributed by atoms with E-state index in [4.69, 9.17) is 5.73 Å². The molecular weight excluding hydrogens is 276 g/mol. The van der Waals surface area contributed by atoms with Gasteiger partial charge in [-0.05, 0) is 42.0 Å². The average Bonchev–Trinajstić information content (AvgIpc) is 2.52. The van der Waals surface area contributed by atoms with Gasteiger partial charge in [0.1, 0.15) is 0 Å². The number of aromatic amines is 1. The topological polar surface area (TPSA) is 41.8 Å². The minimum atomic E-state index is 0.150. The Morgan fingerprint density at radius 2 is 2.18 bits per heavy atom. The highest BCUT2D eigenvalue weighted by atomic mass is 79.9. The van der Waals surface area contributed by atoms with Crippen LogP contribution in [0.25, 0.3) is 10.9 Å². The molecular formula is C14H17BrN2. The van der Waals surface area contributed by atoms with Gasteiger partial charge in [0.15, 0.2) is 0 Å². The number of nitrogens with one attached hydrogen (secondary N) is 1. The van der Waals surface area contributed by atoms with Gasteiger partial charge in [-0.25, -0.2) is 0 Å². The molecule has 3 N–H and O–H groups in total. The van der Waals surface area contributed by atoms with Crippen LogP contribution < -0.4 is 5.73 Å². The van der Waals surface area contributed by atoms with E-state index in [0.29, 0.717) is 5.41 Å². The van der Waals surface area contributed by atoms with Crippen LogP contribution in [0.1, 0.15) is 37.6 Å². The molecule has 1 aromatic carbocycles. The van der Waals surface area contributed by atoms with Crippen molar-refractivity contribution in [3.8, 4) is 0 Å². The lowest BCUT2D eigenvalue weighted by molar-refractivity contribution is 0.281. The Hall–Kier alpha value is -0.800. The van der Waals surface area contributed by atoms with Crippen LogP contribution in [0.2, 0.25) is 0 Å². The monoisotopic (exact) mass is 292 g/mol. The van der Waals surface area contributed by atoms with E-state index in [1.807, 2.05) is 0 Å². The van der Waals surface area contributed by atoms with Crippen molar-refractivity contribution in [2.24, 2.45) is 11.1 Å². The minimum Gasteiger partial charge on any atom is -0.358 e. The van der Waals surface area contributed by atoms with Crippen LogP contribution in [0.15, 0.2) is 22.7 Å². The molecule has 3 heteroatoms. The van der Waals surface area contributed by atoms with Gasteiger partial charge in [-0.2, -0.15) is 0 Å². The SMILES string of the molecule is CC1(C)Cc2[nH]c3ccc(Br)cc3c2C(N)C1. The lowest BCUT2D eigenvalue weighted by atomic mass is 9.74. The normalized spacial score (nSPS) is 22.7. The van der Waals surface area contributed by atoms with Crippen LogP contribution >= 0.6 is 15.9 Å². The number of hydrogen-bond acceptors (Lipinski definition) is 1. The summed E-state index contributed by atoms with van der Waals surface area (Å²) in [6, 6.07) is 6.51. The molecule has 0 aliphatic heterocycles. The van der Waals surface area contributed by atoms with E-state index in [9.17, 15) is 0 Å². The van der Waals surface area contributed by atoms with Crippen molar-refractivity contribution in [1.29, 1.82) is 0 Å². The first kappa shape index (κ1) is 11.3. The zero-order chi connectivity index (χ0) is 12.2. The number of benzene rings is 1. The number of halogens is 1. The molecule has 0 bridgehead atoms. The first-order chi connectivity index (χ1) is 7.96. The maximum Gasteiger partial charge on any atom is 0.0460 e. The molecule has 1 atom stereocenters. The van der Waals surface area contributed by atoms with Crippen LogP contribution in [0.3, 0.4) is 0 Å². The number of H-pyrrole nitrogens is 1. The quantitative estimate of drug-likeness (QED) is 0.760. The van der Waals surface area contributed by atoms with E-state index >= 15 is 0 Å². The van der Waals surface area contributed by atoms with E-state index < -0.39 is 0 Å². The van der Waals surface area contributed by atoms with Crippen molar-refractivity contribution in [2.75, 3.05) is 0 Å². The third-order valence-corrected chi connectivity index (χ3v) is 4.17. The molecule has 1 heterocycles. The van der Waals surface area contributed by atoms with Gasteiger partial charge in [0.25, 0.3) is 0 Å². The molecule has 0 radical (unpaired) electrons. The van der Waals surface area contributed by atoms with Gasteiger partial charge in [0.2, 0.25) is 0 Å². The van der Waals surface area contributed by atoms with Gasteiger partial charge < -0.3 is 10.7 Å². The maximum atomic E-state index is 6.35. The molecule has 1 aliphatic rings. The van der Waals surface area contributed by atoms with Gasteiger partial charge >= 0.3 is 0 Å². The molecule has 1 aliphatic carbocycles. The van der Waals surface area contributed by atoms with E-state index in [0.717, 1.165) is 17.3 Å². The molecule has 0 saturated carbocycles. The van der Waals surface area contributed by atoms with Crippen LogP contribution in [0, 0.1) is 5.41 Å². The summed E-state index contributed by atoms with van der Waals surface area (Å²) in [4.78, 5) is 3.53. The largest absolute Gasteiger partial charge is 0.358 e. The van der Waals surface area contributed by atoms with E-state index in [2.05, 4.69) is 53.0 Å². The number of hydrogen-bond donors (Lipinski definition) is 2. The molecule has 0 fully saturated rings. The fraction of sp³-hybridized carbons (Fsp3) is 0.429. The first-order valence-electron chi connectivity index (χ1n) is 6.02. The fourth-order valence-electron chi connectivity index (χ4n) is 3.05. The van der Waals surface area contributed by atoms with Crippen molar-refractivity contribution >= 4 is 26.8 Å². The van der Waals surface area contributed by atoms with Crippen LogP contribution in [-0.2, 0) is 6.42 Å². The van der Waals surface area contributed by atoms with Gasteiger partial charge in [0, 0.05) is 27.1 Å². The van der Waals surface area contributed by atoms with Gasteiger partial charge in [0.05, 0.1) is 0 Å². The van der Waals surface area contributed by atoms with Crippen LogP contribution in [0.5, 0.6) is 0 Å². The van der Waals surface area contributed by atoms with E-state index in [1.165, 1.54) is 22.2 Å². The Kier molecular flexibility index (Phi) is 2.39. The Morgan fingerprint density at radius 3 is 2.94 bits per heavy atom. The van der Waals surface area contributed by atoms with Crippen molar-refractivity contribution in [3.05, 3.63) is 33.9 Å². The second kappa shape index (κ2) is 3.59. The fourth-order valence-corrected chi connectivity index (χ4v) is 3.41. The predicted octanol–water partition coefficient (Wildman–Crippen LogP) is 3.90.